The maximum absolute atomic E-state index is 12.4. The highest BCUT2D eigenvalue weighted by atomic mass is 16.5. The van der Waals surface area contributed by atoms with E-state index in [-0.39, 0.29) is 5.91 Å². The number of aryl methyl sites for hydroxylation is 1. The van der Waals surface area contributed by atoms with Crippen LogP contribution in [0.15, 0.2) is 24.3 Å². The van der Waals surface area contributed by atoms with Gasteiger partial charge in [0.25, 0.3) is 0 Å². The first-order chi connectivity index (χ1) is 12.6. The molecule has 0 radical (unpaired) electrons. The third-order valence-corrected chi connectivity index (χ3v) is 5.28. The van der Waals surface area contributed by atoms with Crippen molar-refractivity contribution in [3.63, 3.8) is 0 Å². The number of likely N-dealkylation sites (tertiary alicyclic amines) is 1. The molecule has 3 rings (SSSR count). The lowest BCUT2D eigenvalue weighted by molar-refractivity contribution is -0.134. The molecule has 2 aliphatic rings. The number of piperazine rings is 1. The van der Waals surface area contributed by atoms with Gasteiger partial charge in [-0.1, -0.05) is 18.2 Å². The van der Waals surface area contributed by atoms with Crippen LogP contribution in [0, 0.1) is 6.92 Å². The van der Waals surface area contributed by atoms with E-state index < -0.39 is 6.10 Å². The van der Waals surface area contributed by atoms with Gasteiger partial charge in [0.1, 0.15) is 18.5 Å². The molecule has 1 unspecified atom stereocenters. The topological polar surface area (TPSA) is 56.3 Å². The molecule has 144 valence electrons. The zero-order valence-corrected chi connectivity index (χ0v) is 15.8. The van der Waals surface area contributed by atoms with Crippen molar-refractivity contribution in [3.05, 3.63) is 29.8 Å². The molecule has 0 aliphatic carbocycles. The van der Waals surface area contributed by atoms with Gasteiger partial charge < -0.3 is 14.7 Å². The van der Waals surface area contributed by atoms with Crippen LogP contribution in [0.25, 0.3) is 0 Å². The van der Waals surface area contributed by atoms with Gasteiger partial charge in [-0.3, -0.25) is 14.6 Å². The summed E-state index contributed by atoms with van der Waals surface area (Å²) in [5.41, 5.74) is 1.07. The van der Waals surface area contributed by atoms with E-state index in [0.29, 0.717) is 19.7 Å². The fraction of sp³-hybridized carbons (Fsp3) is 0.650. The van der Waals surface area contributed by atoms with Crippen LogP contribution in [0.2, 0.25) is 0 Å². The minimum Gasteiger partial charge on any atom is -0.491 e. The van der Waals surface area contributed by atoms with Gasteiger partial charge in [-0.2, -0.15) is 0 Å². The molecule has 2 saturated heterocycles. The Morgan fingerprint density at radius 1 is 1.08 bits per heavy atom. The summed E-state index contributed by atoms with van der Waals surface area (Å²) in [5, 5.41) is 10.3. The first-order valence-electron chi connectivity index (χ1n) is 9.71. The lowest BCUT2D eigenvalue weighted by Crippen LogP contribution is -2.52. The fourth-order valence-corrected chi connectivity index (χ4v) is 3.67. The Bertz CT molecular complexity index is 581. The molecule has 2 aliphatic heterocycles. The lowest BCUT2D eigenvalue weighted by atomic mass is 10.2. The molecule has 1 atom stereocenters. The van der Waals surface area contributed by atoms with Crippen LogP contribution >= 0.6 is 0 Å². The number of nitrogens with zero attached hydrogens (tertiary/aromatic N) is 3. The second-order valence-electron chi connectivity index (χ2n) is 7.39. The highest BCUT2D eigenvalue weighted by molar-refractivity contribution is 5.78. The van der Waals surface area contributed by atoms with Crippen molar-refractivity contribution in [2.24, 2.45) is 0 Å². The average Bonchev–Trinajstić information content (AvgIpc) is 3.14. The summed E-state index contributed by atoms with van der Waals surface area (Å²) in [7, 11) is 0. The van der Waals surface area contributed by atoms with Crippen LogP contribution in [-0.4, -0.2) is 90.8 Å². The molecular formula is C20H31N3O3. The van der Waals surface area contributed by atoms with Crippen molar-refractivity contribution in [2.75, 3.05) is 59.0 Å². The first-order valence-corrected chi connectivity index (χ1v) is 9.71. The SMILES string of the molecule is Cc1ccccc1OCC(O)CN1CCN(C(=O)CN2CCCC2)CC1. The zero-order chi connectivity index (χ0) is 18.4. The second-order valence-corrected chi connectivity index (χ2v) is 7.39. The number of β-amino-alcohol motifs (C(OH)–C–C–N with tert-alkyl or cyclic N) is 1. The van der Waals surface area contributed by atoms with E-state index in [0.717, 1.165) is 50.6 Å². The van der Waals surface area contributed by atoms with E-state index in [1.807, 2.05) is 36.1 Å². The summed E-state index contributed by atoms with van der Waals surface area (Å²) in [6.45, 7) is 8.67. The van der Waals surface area contributed by atoms with Crippen molar-refractivity contribution in [1.82, 2.24) is 14.7 Å². The number of amides is 1. The quantitative estimate of drug-likeness (QED) is 0.784. The van der Waals surface area contributed by atoms with Crippen LogP contribution in [0.5, 0.6) is 5.75 Å². The molecule has 0 bridgehead atoms. The van der Waals surface area contributed by atoms with E-state index in [4.69, 9.17) is 4.74 Å². The van der Waals surface area contributed by atoms with Crippen molar-refractivity contribution < 1.29 is 14.6 Å². The second kappa shape index (κ2) is 9.35. The number of carbonyl (C=O) groups excluding carboxylic acids is 1. The number of ether oxygens (including phenoxy) is 1. The average molecular weight is 361 g/mol. The van der Waals surface area contributed by atoms with Gasteiger partial charge in [-0.15, -0.1) is 0 Å². The normalized spacial score (nSPS) is 20.3. The number of aliphatic hydroxyl groups is 1. The fourth-order valence-electron chi connectivity index (χ4n) is 3.67. The van der Waals surface area contributed by atoms with Crippen LogP contribution < -0.4 is 4.74 Å². The van der Waals surface area contributed by atoms with Crippen LogP contribution in [-0.2, 0) is 4.79 Å². The summed E-state index contributed by atoms with van der Waals surface area (Å²) >= 11 is 0. The number of aliphatic hydroxyl groups excluding tert-OH is 1. The van der Waals surface area contributed by atoms with Crippen LogP contribution in [0.4, 0.5) is 0 Å². The monoisotopic (exact) mass is 361 g/mol. The molecule has 26 heavy (non-hydrogen) atoms. The summed E-state index contributed by atoms with van der Waals surface area (Å²) in [4.78, 5) is 18.8. The first kappa shape index (κ1) is 19.1. The van der Waals surface area contributed by atoms with Gasteiger partial charge in [-0.25, -0.2) is 0 Å². The smallest absolute Gasteiger partial charge is 0.236 e. The molecule has 1 aromatic carbocycles. The molecule has 6 nitrogen and oxygen atoms in total. The van der Waals surface area contributed by atoms with Crippen molar-refractivity contribution in [1.29, 1.82) is 0 Å². The van der Waals surface area contributed by atoms with Crippen molar-refractivity contribution in [3.8, 4) is 5.75 Å². The third-order valence-electron chi connectivity index (χ3n) is 5.28. The molecule has 2 heterocycles. The Labute approximate surface area is 156 Å². The number of benzene rings is 1. The van der Waals surface area contributed by atoms with Gasteiger partial charge in [0.05, 0.1) is 6.54 Å². The van der Waals surface area contributed by atoms with Gasteiger partial charge in [0.2, 0.25) is 5.91 Å². The van der Waals surface area contributed by atoms with Crippen molar-refractivity contribution >= 4 is 5.91 Å². The van der Waals surface area contributed by atoms with Crippen LogP contribution in [0.1, 0.15) is 18.4 Å². The standard InChI is InChI=1S/C20H31N3O3/c1-17-6-2-3-7-19(17)26-16-18(24)14-22-10-12-23(13-11-22)20(25)15-21-8-4-5-9-21/h2-3,6-7,18,24H,4-5,8-16H2,1H3. The Morgan fingerprint density at radius 2 is 1.77 bits per heavy atom. The van der Waals surface area contributed by atoms with Crippen molar-refractivity contribution in [2.45, 2.75) is 25.9 Å². The molecule has 1 N–H and O–H groups in total. The predicted octanol–water partition coefficient (Wildman–Crippen LogP) is 0.975. The van der Waals surface area contributed by atoms with Gasteiger partial charge in [0, 0.05) is 32.7 Å². The minimum absolute atomic E-state index is 0.245. The third kappa shape index (κ3) is 5.43. The molecule has 0 spiro atoms. The molecule has 2 fully saturated rings. The minimum atomic E-state index is -0.526. The molecule has 1 aromatic rings. The number of para-hydroxylation sites is 1. The van der Waals surface area contributed by atoms with Gasteiger partial charge >= 0.3 is 0 Å². The molecule has 0 aromatic heterocycles. The van der Waals surface area contributed by atoms with Gasteiger partial charge in [-0.05, 0) is 44.5 Å². The number of hydrogen-bond donors (Lipinski definition) is 1. The van der Waals surface area contributed by atoms with Gasteiger partial charge in [0.15, 0.2) is 0 Å². The molecule has 1 amide bonds. The Morgan fingerprint density at radius 3 is 2.46 bits per heavy atom. The predicted molar refractivity (Wildman–Crippen MR) is 101 cm³/mol. The number of carbonyl (C=O) groups is 1. The zero-order valence-electron chi connectivity index (χ0n) is 15.8. The largest absolute Gasteiger partial charge is 0.491 e. The maximum Gasteiger partial charge on any atom is 0.236 e. The van der Waals surface area contributed by atoms with E-state index in [2.05, 4.69) is 9.80 Å². The number of hydrogen-bond acceptors (Lipinski definition) is 5. The summed E-state index contributed by atoms with van der Waals surface area (Å²) in [5.74, 6) is 1.07. The summed E-state index contributed by atoms with van der Waals surface area (Å²) < 4.78 is 5.73. The molecule has 0 saturated carbocycles. The van der Waals surface area contributed by atoms with E-state index in [9.17, 15) is 9.90 Å². The molecule has 6 heteroatoms. The van der Waals surface area contributed by atoms with E-state index in [1.54, 1.807) is 0 Å². The van der Waals surface area contributed by atoms with Crippen LogP contribution in [0.3, 0.4) is 0 Å². The summed E-state index contributed by atoms with van der Waals surface area (Å²) in [6.07, 6.45) is 1.90. The van der Waals surface area contributed by atoms with E-state index >= 15 is 0 Å². The molecular weight excluding hydrogens is 330 g/mol. The Kier molecular flexibility index (Phi) is 6.88. The Hall–Kier alpha value is -1.63. The maximum atomic E-state index is 12.4. The Balaban J connectivity index is 1.35. The lowest BCUT2D eigenvalue weighted by Gasteiger charge is -2.36. The highest BCUT2D eigenvalue weighted by Crippen LogP contribution is 2.16. The highest BCUT2D eigenvalue weighted by Gasteiger charge is 2.24. The number of rotatable bonds is 7. The van der Waals surface area contributed by atoms with E-state index in [1.165, 1.54) is 12.8 Å². The summed E-state index contributed by atoms with van der Waals surface area (Å²) in [6, 6.07) is 7.84.